The summed E-state index contributed by atoms with van der Waals surface area (Å²) in [5.41, 5.74) is 2.98. The fraction of sp³-hybridized carbons (Fsp3) is 0.333. The molecule has 3 aromatic rings. The number of carbonyl (C=O) groups excluding carboxylic acids is 2. The molecule has 1 aliphatic heterocycles. The van der Waals surface area contributed by atoms with Gasteiger partial charge in [0.05, 0.1) is 6.26 Å². The molecule has 5 rings (SSSR count). The van der Waals surface area contributed by atoms with Crippen molar-refractivity contribution in [1.29, 1.82) is 0 Å². The van der Waals surface area contributed by atoms with Gasteiger partial charge in [-0.1, -0.05) is 0 Å². The van der Waals surface area contributed by atoms with Gasteiger partial charge in [0.25, 0.3) is 11.8 Å². The number of halogens is 1. The van der Waals surface area contributed by atoms with Crippen molar-refractivity contribution in [2.45, 2.75) is 25.8 Å². The highest BCUT2D eigenvalue weighted by Gasteiger charge is 2.28. The summed E-state index contributed by atoms with van der Waals surface area (Å²) in [6.07, 6.45) is 4.74. The van der Waals surface area contributed by atoms with Gasteiger partial charge in [0.2, 0.25) is 0 Å². The van der Waals surface area contributed by atoms with Gasteiger partial charge in [0.1, 0.15) is 10.8 Å². The van der Waals surface area contributed by atoms with Crippen molar-refractivity contribution in [2.24, 2.45) is 0 Å². The normalized spacial score (nSPS) is 16.2. The molecule has 6 nitrogen and oxygen atoms in total. The molecule has 0 saturated carbocycles. The molecule has 0 atom stereocenters. The van der Waals surface area contributed by atoms with E-state index in [2.05, 4.69) is 10.2 Å². The number of aryl methyl sites for hydroxylation is 1. The lowest BCUT2D eigenvalue weighted by Gasteiger charge is -2.34. The van der Waals surface area contributed by atoms with Crippen molar-refractivity contribution in [1.82, 2.24) is 9.80 Å². The Hall–Kier alpha value is -2.97. The van der Waals surface area contributed by atoms with E-state index in [0.29, 0.717) is 24.4 Å². The van der Waals surface area contributed by atoms with E-state index in [0.717, 1.165) is 43.9 Å². The number of anilines is 1. The van der Waals surface area contributed by atoms with Crippen LogP contribution in [0.2, 0.25) is 0 Å². The van der Waals surface area contributed by atoms with E-state index < -0.39 is 0 Å². The number of nitrogens with one attached hydrogen (secondary N) is 1. The SMILES string of the molecule is O=C(Nc1sc2c(c1CN1CCN(C(=O)c3ccco3)CC1)CCC2)c1ccc(F)cc1. The van der Waals surface area contributed by atoms with E-state index in [4.69, 9.17) is 4.42 Å². The first kappa shape index (κ1) is 20.9. The lowest BCUT2D eigenvalue weighted by atomic mass is 10.1. The highest BCUT2D eigenvalue weighted by molar-refractivity contribution is 7.16. The van der Waals surface area contributed by atoms with Crippen LogP contribution >= 0.6 is 11.3 Å². The quantitative estimate of drug-likeness (QED) is 0.630. The zero-order valence-corrected chi connectivity index (χ0v) is 18.4. The minimum atomic E-state index is -0.359. The van der Waals surface area contributed by atoms with Gasteiger partial charge in [-0.25, -0.2) is 4.39 Å². The van der Waals surface area contributed by atoms with Crippen LogP contribution in [0.1, 0.15) is 43.3 Å². The first-order chi connectivity index (χ1) is 15.6. The Morgan fingerprint density at radius 3 is 2.56 bits per heavy atom. The molecule has 1 N–H and O–H groups in total. The Morgan fingerprint density at radius 1 is 1.06 bits per heavy atom. The smallest absolute Gasteiger partial charge is 0.289 e. The van der Waals surface area contributed by atoms with Crippen molar-refractivity contribution in [2.75, 3.05) is 31.5 Å². The van der Waals surface area contributed by atoms with Gasteiger partial charge >= 0.3 is 0 Å². The van der Waals surface area contributed by atoms with Crippen LogP contribution in [-0.2, 0) is 19.4 Å². The van der Waals surface area contributed by atoms with E-state index in [-0.39, 0.29) is 17.6 Å². The Kier molecular flexibility index (Phi) is 5.80. The second kappa shape index (κ2) is 8.88. The van der Waals surface area contributed by atoms with Crippen LogP contribution in [0.3, 0.4) is 0 Å². The minimum absolute atomic E-state index is 0.0710. The molecule has 2 aliphatic rings. The van der Waals surface area contributed by atoms with Crippen LogP contribution in [-0.4, -0.2) is 47.8 Å². The first-order valence-electron chi connectivity index (χ1n) is 10.8. The Balaban J connectivity index is 1.27. The van der Waals surface area contributed by atoms with Crippen molar-refractivity contribution >= 4 is 28.2 Å². The second-order valence-electron chi connectivity index (χ2n) is 8.17. The van der Waals surface area contributed by atoms with Gasteiger partial charge in [0, 0.05) is 48.7 Å². The van der Waals surface area contributed by atoms with Crippen LogP contribution < -0.4 is 5.32 Å². The van der Waals surface area contributed by atoms with Crippen LogP contribution in [0.5, 0.6) is 0 Å². The number of rotatable bonds is 5. The first-order valence-corrected chi connectivity index (χ1v) is 11.7. The molecule has 0 radical (unpaired) electrons. The Morgan fingerprint density at radius 2 is 1.84 bits per heavy atom. The molecular weight excluding hydrogens is 429 g/mol. The third-order valence-electron chi connectivity index (χ3n) is 6.14. The Bertz CT molecular complexity index is 1120. The molecule has 0 unspecified atom stereocenters. The number of hydrogen-bond donors (Lipinski definition) is 1. The number of benzene rings is 1. The molecule has 32 heavy (non-hydrogen) atoms. The number of nitrogens with zero attached hydrogens (tertiary/aromatic N) is 2. The second-order valence-corrected chi connectivity index (χ2v) is 9.28. The minimum Gasteiger partial charge on any atom is -0.459 e. The third-order valence-corrected chi connectivity index (χ3v) is 7.39. The molecule has 2 amide bonds. The zero-order chi connectivity index (χ0) is 22.1. The van der Waals surface area contributed by atoms with Crippen LogP contribution in [0.25, 0.3) is 0 Å². The van der Waals surface area contributed by atoms with E-state index in [1.165, 1.54) is 46.5 Å². The van der Waals surface area contributed by atoms with E-state index in [1.807, 2.05) is 4.90 Å². The van der Waals surface area contributed by atoms with Gasteiger partial charge in [0.15, 0.2) is 5.76 Å². The fourth-order valence-electron chi connectivity index (χ4n) is 4.40. The maximum absolute atomic E-state index is 13.2. The molecule has 1 aromatic carbocycles. The molecular formula is C24H24FN3O3S. The fourth-order valence-corrected chi connectivity index (χ4v) is 5.70. The number of carbonyl (C=O) groups is 2. The summed E-state index contributed by atoms with van der Waals surface area (Å²) < 4.78 is 18.4. The van der Waals surface area contributed by atoms with Crippen molar-refractivity contribution in [3.05, 3.63) is 75.8 Å². The Labute approximate surface area is 189 Å². The lowest BCUT2D eigenvalue weighted by Crippen LogP contribution is -2.48. The van der Waals surface area contributed by atoms with Gasteiger partial charge in [-0.15, -0.1) is 11.3 Å². The summed E-state index contributed by atoms with van der Waals surface area (Å²) in [7, 11) is 0. The summed E-state index contributed by atoms with van der Waals surface area (Å²) in [4.78, 5) is 30.8. The van der Waals surface area contributed by atoms with Gasteiger partial charge in [-0.3, -0.25) is 14.5 Å². The molecule has 1 fully saturated rings. The predicted octanol–water partition coefficient (Wildman–Crippen LogP) is 4.18. The summed E-state index contributed by atoms with van der Waals surface area (Å²) in [5.74, 6) is -0.278. The topological polar surface area (TPSA) is 65.8 Å². The monoisotopic (exact) mass is 453 g/mol. The number of amides is 2. The number of furan rings is 1. The average molecular weight is 454 g/mol. The lowest BCUT2D eigenvalue weighted by molar-refractivity contribution is 0.0597. The molecule has 2 aromatic heterocycles. The maximum atomic E-state index is 13.2. The molecule has 3 heterocycles. The molecule has 166 valence electrons. The molecule has 0 spiro atoms. The summed E-state index contributed by atoms with van der Waals surface area (Å²) in [5, 5.41) is 3.95. The van der Waals surface area contributed by atoms with Crippen molar-refractivity contribution in [3.63, 3.8) is 0 Å². The summed E-state index contributed by atoms with van der Waals surface area (Å²) >= 11 is 1.66. The molecule has 0 bridgehead atoms. The molecule has 1 aliphatic carbocycles. The van der Waals surface area contributed by atoms with Crippen molar-refractivity contribution < 1.29 is 18.4 Å². The summed E-state index contributed by atoms with van der Waals surface area (Å²) in [6.45, 7) is 3.56. The highest BCUT2D eigenvalue weighted by atomic mass is 32.1. The number of hydrogen-bond acceptors (Lipinski definition) is 5. The zero-order valence-electron chi connectivity index (χ0n) is 17.6. The third kappa shape index (κ3) is 4.20. The largest absolute Gasteiger partial charge is 0.459 e. The average Bonchev–Trinajstić information content (AvgIpc) is 3.54. The van der Waals surface area contributed by atoms with Crippen LogP contribution in [0, 0.1) is 5.82 Å². The highest BCUT2D eigenvalue weighted by Crippen LogP contribution is 2.40. The van der Waals surface area contributed by atoms with Gasteiger partial charge < -0.3 is 14.6 Å². The number of thiophene rings is 1. The number of piperazine rings is 1. The maximum Gasteiger partial charge on any atom is 0.289 e. The van der Waals surface area contributed by atoms with Crippen LogP contribution in [0.15, 0.2) is 47.1 Å². The predicted molar refractivity (Wildman–Crippen MR) is 121 cm³/mol. The van der Waals surface area contributed by atoms with Crippen molar-refractivity contribution in [3.8, 4) is 0 Å². The molecule has 8 heteroatoms. The van der Waals surface area contributed by atoms with E-state index in [9.17, 15) is 14.0 Å². The standard InChI is InChI=1S/C24H24FN3O3S/c25-17-8-6-16(7-9-17)22(29)26-23-19(18-3-1-5-21(18)32-23)15-27-10-12-28(13-11-27)24(30)20-4-2-14-31-20/h2,4,6-9,14H,1,3,5,10-13,15H2,(H,26,29). The number of fused-ring (bicyclic) bond motifs is 1. The molecule has 1 saturated heterocycles. The summed E-state index contributed by atoms with van der Waals surface area (Å²) in [6, 6.07) is 9.02. The van der Waals surface area contributed by atoms with E-state index >= 15 is 0 Å². The van der Waals surface area contributed by atoms with Gasteiger partial charge in [-0.05, 0) is 61.2 Å². The van der Waals surface area contributed by atoms with Crippen LogP contribution in [0.4, 0.5) is 9.39 Å². The van der Waals surface area contributed by atoms with Gasteiger partial charge in [-0.2, -0.15) is 0 Å². The van der Waals surface area contributed by atoms with E-state index in [1.54, 1.807) is 23.5 Å².